The molecule has 15 heavy (non-hydrogen) atoms. The molecule has 0 saturated heterocycles. The fourth-order valence-electron chi connectivity index (χ4n) is 1.07. The van der Waals surface area contributed by atoms with E-state index >= 15 is 0 Å². The normalized spacial score (nSPS) is 9.87. The average Bonchev–Trinajstić information content (AvgIpc) is 2.84. The van der Waals surface area contributed by atoms with Crippen LogP contribution in [-0.2, 0) is 6.54 Å². The number of rotatable bonds is 3. The summed E-state index contributed by atoms with van der Waals surface area (Å²) in [6.07, 6.45) is 1.60. The van der Waals surface area contributed by atoms with E-state index in [1.54, 1.807) is 6.26 Å². The summed E-state index contributed by atoms with van der Waals surface area (Å²) in [5.41, 5.74) is 0.383. The predicted octanol–water partition coefficient (Wildman–Crippen LogP) is 2.87. The van der Waals surface area contributed by atoms with Crippen LogP contribution in [0.15, 0.2) is 22.8 Å². The summed E-state index contributed by atoms with van der Waals surface area (Å²) in [6, 6.07) is 5.65. The van der Waals surface area contributed by atoms with Gasteiger partial charge in [-0.2, -0.15) is 9.64 Å². The highest BCUT2D eigenvalue weighted by Gasteiger charge is 2.11. The molecule has 2 aromatic heterocycles. The van der Waals surface area contributed by atoms with Crippen LogP contribution in [0.1, 0.15) is 11.3 Å². The van der Waals surface area contributed by atoms with Gasteiger partial charge in [0.05, 0.1) is 12.8 Å². The number of halogens is 1. The molecule has 0 aliphatic heterocycles. The Morgan fingerprint density at radius 3 is 3.20 bits per heavy atom. The fourth-order valence-corrected chi connectivity index (χ4v) is 2.00. The Bertz CT molecular complexity index is 486. The van der Waals surface area contributed by atoms with Crippen LogP contribution < -0.4 is 5.32 Å². The van der Waals surface area contributed by atoms with Crippen LogP contribution in [-0.4, -0.2) is 4.37 Å². The largest absolute Gasteiger partial charge is 0.467 e. The fraction of sp³-hybridized carbons (Fsp3) is 0.111. The first-order valence-electron chi connectivity index (χ1n) is 4.13. The van der Waals surface area contributed by atoms with Crippen molar-refractivity contribution in [3.8, 4) is 6.07 Å². The monoisotopic (exact) mass is 239 g/mol. The summed E-state index contributed by atoms with van der Waals surface area (Å²) >= 11 is 6.88. The highest BCUT2D eigenvalue weighted by Crippen LogP contribution is 2.27. The Balaban J connectivity index is 2.09. The minimum Gasteiger partial charge on any atom is -0.467 e. The lowest BCUT2D eigenvalue weighted by atomic mass is 10.3. The predicted molar refractivity (Wildman–Crippen MR) is 57.9 cm³/mol. The molecule has 2 rings (SSSR count). The van der Waals surface area contributed by atoms with Crippen molar-refractivity contribution in [3.05, 3.63) is 34.9 Å². The van der Waals surface area contributed by atoms with E-state index in [0.717, 1.165) is 5.76 Å². The average molecular weight is 240 g/mol. The lowest BCUT2D eigenvalue weighted by Gasteiger charge is -1.99. The van der Waals surface area contributed by atoms with Gasteiger partial charge in [0.1, 0.15) is 22.4 Å². The molecule has 6 heteroatoms. The van der Waals surface area contributed by atoms with Gasteiger partial charge in [0.15, 0.2) is 5.15 Å². The summed E-state index contributed by atoms with van der Waals surface area (Å²) < 4.78 is 9.02. The van der Waals surface area contributed by atoms with Gasteiger partial charge in [-0.15, -0.1) is 0 Å². The topological polar surface area (TPSA) is 61.9 Å². The molecule has 0 unspecified atom stereocenters. The molecule has 0 atom stereocenters. The Hall–Kier alpha value is -1.51. The van der Waals surface area contributed by atoms with Crippen molar-refractivity contribution >= 4 is 28.1 Å². The summed E-state index contributed by atoms with van der Waals surface area (Å²) in [4.78, 5) is 0. The second-order valence-corrected chi connectivity index (χ2v) is 3.85. The molecule has 4 nitrogen and oxygen atoms in total. The third-order valence-corrected chi connectivity index (χ3v) is 2.94. The minimum absolute atomic E-state index is 0.240. The van der Waals surface area contributed by atoms with Gasteiger partial charge in [0.2, 0.25) is 0 Å². The van der Waals surface area contributed by atoms with E-state index < -0.39 is 0 Å². The molecule has 2 heterocycles. The molecule has 0 saturated carbocycles. The highest BCUT2D eigenvalue weighted by molar-refractivity contribution is 7.10. The first-order chi connectivity index (χ1) is 7.31. The van der Waals surface area contributed by atoms with Crippen LogP contribution in [0.4, 0.5) is 5.00 Å². The Kier molecular flexibility index (Phi) is 2.90. The highest BCUT2D eigenvalue weighted by atomic mass is 35.5. The lowest BCUT2D eigenvalue weighted by molar-refractivity contribution is 0.518. The van der Waals surface area contributed by atoms with Crippen molar-refractivity contribution in [2.24, 2.45) is 0 Å². The summed E-state index contributed by atoms with van der Waals surface area (Å²) in [7, 11) is 0. The van der Waals surface area contributed by atoms with Gasteiger partial charge in [0, 0.05) is 0 Å². The number of nitrogens with zero attached hydrogens (tertiary/aromatic N) is 2. The smallest absolute Gasteiger partial charge is 0.162 e. The van der Waals surface area contributed by atoms with Crippen molar-refractivity contribution < 1.29 is 4.42 Å². The maximum Gasteiger partial charge on any atom is 0.162 e. The summed E-state index contributed by atoms with van der Waals surface area (Å²) in [6.45, 7) is 0.514. The molecule has 0 fully saturated rings. The van der Waals surface area contributed by atoms with Gasteiger partial charge >= 0.3 is 0 Å². The maximum absolute atomic E-state index is 8.81. The van der Waals surface area contributed by atoms with Gasteiger partial charge in [-0.3, -0.25) is 0 Å². The number of nitriles is 1. The van der Waals surface area contributed by atoms with Crippen LogP contribution >= 0.6 is 23.1 Å². The molecule has 0 amide bonds. The van der Waals surface area contributed by atoms with Crippen molar-refractivity contribution in [2.45, 2.75) is 6.54 Å². The van der Waals surface area contributed by atoms with Crippen LogP contribution in [0, 0.1) is 11.3 Å². The zero-order valence-corrected chi connectivity index (χ0v) is 9.10. The van der Waals surface area contributed by atoms with Crippen molar-refractivity contribution in [2.75, 3.05) is 5.32 Å². The van der Waals surface area contributed by atoms with E-state index in [-0.39, 0.29) is 5.15 Å². The third-order valence-electron chi connectivity index (χ3n) is 1.77. The number of nitrogens with one attached hydrogen (secondary N) is 1. The third kappa shape index (κ3) is 2.12. The number of aromatic nitrogens is 1. The van der Waals surface area contributed by atoms with Gasteiger partial charge in [-0.1, -0.05) is 11.6 Å². The van der Waals surface area contributed by atoms with E-state index in [1.165, 1.54) is 11.5 Å². The number of anilines is 1. The van der Waals surface area contributed by atoms with Gasteiger partial charge < -0.3 is 9.73 Å². The van der Waals surface area contributed by atoms with Crippen molar-refractivity contribution in [1.29, 1.82) is 5.26 Å². The zero-order chi connectivity index (χ0) is 10.7. The Morgan fingerprint density at radius 1 is 1.67 bits per heavy atom. The second kappa shape index (κ2) is 4.34. The molecule has 2 aromatic rings. The quantitative estimate of drug-likeness (QED) is 0.895. The molecular formula is C9H6ClN3OS. The molecule has 0 aliphatic rings. The van der Waals surface area contributed by atoms with E-state index in [0.29, 0.717) is 17.1 Å². The molecule has 0 spiro atoms. The molecule has 0 aromatic carbocycles. The number of furan rings is 1. The molecule has 0 bridgehead atoms. The van der Waals surface area contributed by atoms with E-state index in [9.17, 15) is 0 Å². The van der Waals surface area contributed by atoms with E-state index in [1.807, 2.05) is 18.2 Å². The molecule has 1 N–H and O–H groups in total. The van der Waals surface area contributed by atoms with Gasteiger partial charge in [0.25, 0.3) is 0 Å². The number of hydrogen-bond acceptors (Lipinski definition) is 5. The number of hydrogen-bond donors (Lipinski definition) is 1. The minimum atomic E-state index is 0.240. The van der Waals surface area contributed by atoms with Gasteiger partial charge in [-0.25, -0.2) is 0 Å². The summed E-state index contributed by atoms with van der Waals surface area (Å²) in [5.74, 6) is 0.795. The maximum atomic E-state index is 8.81. The first kappa shape index (κ1) is 10.0. The molecular weight excluding hydrogens is 234 g/mol. The second-order valence-electron chi connectivity index (χ2n) is 2.72. The lowest BCUT2D eigenvalue weighted by Crippen LogP contribution is -1.97. The Morgan fingerprint density at radius 2 is 2.53 bits per heavy atom. The molecule has 76 valence electrons. The van der Waals surface area contributed by atoms with Crippen LogP contribution in [0.25, 0.3) is 0 Å². The van der Waals surface area contributed by atoms with E-state index in [2.05, 4.69) is 9.69 Å². The SMILES string of the molecule is N#Cc1c(Cl)nsc1NCc1ccco1. The van der Waals surface area contributed by atoms with Crippen LogP contribution in [0.2, 0.25) is 5.15 Å². The first-order valence-corrected chi connectivity index (χ1v) is 5.28. The van der Waals surface area contributed by atoms with E-state index in [4.69, 9.17) is 21.3 Å². The standard InChI is InChI=1S/C9H6ClN3OS/c10-8-7(4-11)9(15-13-8)12-5-6-2-1-3-14-6/h1-3,12H,5H2. The molecule has 0 radical (unpaired) electrons. The van der Waals surface area contributed by atoms with Crippen LogP contribution in [0.3, 0.4) is 0 Å². The van der Waals surface area contributed by atoms with Gasteiger partial charge in [-0.05, 0) is 23.7 Å². The van der Waals surface area contributed by atoms with Crippen molar-refractivity contribution in [1.82, 2.24) is 4.37 Å². The molecule has 0 aliphatic carbocycles. The van der Waals surface area contributed by atoms with Crippen molar-refractivity contribution in [3.63, 3.8) is 0 Å². The Labute approximate surface area is 95.3 Å². The zero-order valence-electron chi connectivity index (χ0n) is 7.53. The van der Waals surface area contributed by atoms with Crippen LogP contribution in [0.5, 0.6) is 0 Å². The summed E-state index contributed by atoms with van der Waals surface area (Å²) in [5, 5.41) is 12.8.